The molecular weight excluding hydrogens is 178 g/mol. The Morgan fingerprint density at radius 2 is 2.07 bits per heavy atom. The van der Waals surface area contributed by atoms with Gasteiger partial charge in [-0.15, -0.1) is 0 Å². The fraction of sp³-hybridized carbons (Fsp3) is 0.545. The van der Waals surface area contributed by atoms with Crippen LogP contribution in [0.5, 0.6) is 5.88 Å². The third-order valence-corrected chi connectivity index (χ3v) is 1.83. The highest BCUT2D eigenvalue weighted by Crippen LogP contribution is 2.21. The Kier molecular flexibility index (Phi) is 3.47. The molecule has 78 valence electrons. The minimum absolute atomic E-state index is 0.0153. The topological polar surface area (TPSA) is 42.4 Å². The number of nitrogens with zero attached hydrogens (tertiary/aromatic N) is 1. The van der Waals surface area contributed by atoms with Gasteiger partial charge in [0.15, 0.2) is 0 Å². The lowest BCUT2D eigenvalue weighted by molar-refractivity contribution is 0.196. The first-order chi connectivity index (χ1) is 6.54. The van der Waals surface area contributed by atoms with Crippen LogP contribution in [0.4, 0.5) is 0 Å². The molecule has 1 rings (SSSR count). The van der Waals surface area contributed by atoms with E-state index in [4.69, 9.17) is 9.84 Å². The first-order valence-electron chi connectivity index (χ1n) is 4.75. The van der Waals surface area contributed by atoms with E-state index in [1.165, 1.54) is 0 Å². The van der Waals surface area contributed by atoms with Gasteiger partial charge in [0.1, 0.15) is 6.61 Å². The van der Waals surface area contributed by atoms with E-state index in [2.05, 4.69) is 25.8 Å². The highest BCUT2D eigenvalue weighted by Gasteiger charge is 2.15. The van der Waals surface area contributed by atoms with Crippen molar-refractivity contribution in [1.29, 1.82) is 0 Å². The molecule has 1 aromatic heterocycles. The van der Waals surface area contributed by atoms with Crippen molar-refractivity contribution in [2.24, 2.45) is 0 Å². The third-order valence-electron chi connectivity index (χ3n) is 1.83. The lowest BCUT2D eigenvalue weighted by Crippen LogP contribution is -2.14. The number of aliphatic hydroxyl groups excluding tert-OH is 1. The SMILES string of the molecule is CC(C)(C)c1cccc(OCCO)n1. The molecule has 0 fully saturated rings. The van der Waals surface area contributed by atoms with Gasteiger partial charge < -0.3 is 9.84 Å². The second-order valence-corrected chi connectivity index (χ2v) is 4.18. The molecular formula is C11H17NO2. The zero-order valence-corrected chi connectivity index (χ0v) is 8.95. The van der Waals surface area contributed by atoms with Crippen molar-refractivity contribution in [3.8, 4) is 5.88 Å². The smallest absolute Gasteiger partial charge is 0.213 e. The molecule has 1 N–H and O–H groups in total. The van der Waals surface area contributed by atoms with Gasteiger partial charge in [-0.2, -0.15) is 0 Å². The van der Waals surface area contributed by atoms with Crippen LogP contribution in [-0.2, 0) is 5.41 Å². The summed E-state index contributed by atoms with van der Waals surface area (Å²) in [7, 11) is 0. The lowest BCUT2D eigenvalue weighted by atomic mass is 9.92. The molecule has 0 spiro atoms. The first kappa shape index (κ1) is 11.0. The summed E-state index contributed by atoms with van der Waals surface area (Å²) in [4.78, 5) is 4.35. The molecule has 0 unspecified atom stereocenters. The third kappa shape index (κ3) is 3.00. The molecule has 1 heterocycles. The van der Waals surface area contributed by atoms with Gasteiger partial charge in [0.25, 0.3) is 0 Å². The molecule has 0 saturated carbocycles. The Hall–Kier alpha value is -1.09. The van der Waals surface area contributed by atoms with Crippen LogP contribution in [0, 0.1) is 0 Å². The van der Waals surface area contributed by atoms with E-state index in [1.807, 2.05) is 12.1 Å². The summed E-state index contributed by atoms with van der Waals surface area (Å²) in [6.07, 6.45) is 0. The Bertz CT molecular complexity index is 292. The standard InChI is InChI=1S/C11H17NO2/c1-11(2,3)9-5-4-6-10(12-9)14-8-7-13/h4-6,13H,7-8H2,1-3H3. The summed E-state index contributed by atoms with van der Waals surface area (Å²) < 4.78 is 5.23. The Morgan fingerprint density at radius 3 is 2.64 bits per heavy atom. The van der Waals surface area contributed by atoms with Crippen LogP contribution in [0.2, 0.25) is 0 Å². The molecule has 1 aromatic rings. The molecule has 0 amide bonds. The van der Waals surface area contributed by atoms with Gasteiger partial charge >= 0.3 is 0 Å². The minimum atomic E-state index is 0.0153. The summed E-state index contributed by atoms with van der Waals surface area (Å²) in [5.74, 6) is 0.575. The maximum Gasteiger partial charge on any atom is 0.213 e. The van der Waals surface area contributed by atoms with Gasteiger partial charge in [0.2, 0.25) is 5.88 Å². The summed E-state index contributed by atoms with van der Waals surface area (Å²) >= 11 is 0. The number of aliphatic hydroxyl groups is 1. The highest BCUT2D eigenvalue weighted by molar-refractivity contribution is 5.20. The van der Waals surface area contributed by atoms with Crippen molar-refractivity contribution in [2.75, 3.05) is 13.2 Å². The van der Waals surface area contributed by atoms with Crippen molar-refractivity contribution in [1.82, 2.24) is 4.98 Å². The number of hydrogen-bond acceptors (Lipinski definition) is 3. The Balaban J connectivity index is 2.79. The molecule has 0 radical (unpaired) electrons. The maximum absolute atomic E-state index is 8.60. The number of rotatable bonds is 3. The molecule has 0 aliphatic heterocycles. The van der Waals surface area contributed by atoms with Gasteiger partial charge in [-0.05, 0) is 6.07 Å². The normalized spacial score (nSPS) is 11.4. The van der Waals surface area contributed by atoms with Crippen LogP contribution in [0.25, 0.3) is 0 Å². The summed E-state index contributed by atoms with van der Waals surface area (Å²) in [5.41, 5.74) is 1.02. The number of aromatic nitrogens is 1. The molecule has 0 bridgehead atoms. The highest BCUT2D eigenvalue weighted by atomic mass is 16.5. The van der Waals surface area contributed by atoms with Crippen LogP contribution < -0.4 is 4.74 Å². The first-order valence-corrected chi connectivity index (χ1v) is 4.75. The molecule has 0 aliphatic carbocycles. The van der Waals surface area contributed by atoms with Crippen molar-refractivity contribution >= 4 is 0 Å². The zero-order chi connectivity index (χ0) is 10.6. The summed E-state index contributed by atoms with van der Waals surface area (Å²) in [6.45, 7) is 6.61. The van der Waals surface area contributed by atoms with Gasteiger partial charge in [-0.1, -0.05) is 26.8 Å². The largest absolute Gasteiger partial charge is 0.475 e. The minimum Gasteiger partial charge on any atom is -0.475 e. The predicted octanol–water partition coefficient (Wildman–Crippen LogP) is 1.75. The van der Waals surface area contributed by atoms with Crippen LogP contribution in [-0.4, -0.2) is 23.3 Å². The number of hydrogen-bond donors (Lipinski definition) is 1. The van der Waals surface area contributed by atoms with Crippen LogP contribution in [0.3, 0.4) is 0 Å². The lowest BCUT2D eigenvalue weighted by Gasteiger charge is -2.18. The van der Waals surface area contributed by atoms with Gasteiger partial charge in [-0.3, -0.25) is 0 Å². The average Bonchev–Trinajstić information content (AvgIpc) is 2.14. The predicted molar refractivity (Wildman–Crippen MR) is 55.5 cm³/mol. The quantitative estimate of drug-likeness (QED) is 0.799. The van der Waals surface area contributed by atoms with Crippen molar-refractivity contribution in [3.63, 3.8) is 0 Å². The molecule has 3 nitrogen and oxygen atoms in total. The van der Waals surface area contributed by atoms with E-state index in [0.717, 1.165) is 5.69 Å². The Morgan fingerprint density at radius 1 is 1.36 bits per heavy atom. The number of pyridine rings is 1. The van der Waals surface area contributed by atoms with Crippen LogP contribution in [0.15, 0.2) is 18.2 Å². The van der Waals surface area contributed by atoms with Crippen molar-refractivity contribution in [3.05, 3.63) is 23.9 Å². The molecule has 0 aromatic carbocycles. The van der Waals surface area contributed by atoms with E-state index in [9.17, 15) is 0 Å². The van der Waals surface area contributed by atoms with Gasteiger partial charge in [-0.25, -0.2) is 4.98 Å². The van der Waals surface area contributed by atoms with Gasteiger partial charge in [0.05, 0.1) is 6.61 Å². The van der Waals surface area contributed by atoms with Crippen LogP contribution in [0.1, 0.15) is 26.5 Å². The molecule has 0 atom stereocenters. The van der Waals surface area contributed by atoms with E-state index in [1.54, 1.807) is 6.07 Å². The molecule has 14 heavy (non-hydrogen) atoms. The average molecular weight is 195 g/mol. The molecule has 3 heteroatoms. The van der Waals surface area contributed by atoms with E-state index in [-0.39, 0.29) is 12.0 Å². The summed E-state index contributed by atoms with van der Waals surface area (Å²) in [6, 6.07) is 5.69. The van der Waals surface area contributed by atoms with E-state index >= 15 is 0 Å². The maximum atomic E-state index is 8.60. The van der Waals surface area contributed by atoms with Crippen LogP contribution >= 0.6 is 0 Å². The fourth-order valence-electron chi connectivity index (χ4n) is 1.06. The monoisotopic (exact) mass is 195 g/mol. The zero-order valence-electron chi connectivity index (χ0n) is 8.95. The Labute approximate surface area is 84.7 Å². The fourth-order valence-corrected chi connectivity index (χ4v) is 1.06. The molecule has 0 saturated heterocycles. The second-order valence-electron chi connectivity index (χ2n) is 4.18. The van der Waals surface area contributed by atoms with Crippen molar-refractivity contribution in [2.45, 2.75) is 26.2 Å². The number of ether oxygens (including phenoxy) is 1. The van der Waals surface area contributed by atoms with Gasteiger partial charge in [0, 0.05) is 17.2 Å². The second kappa shape index (κ2) is 4.42. The summed E-state index contributed by atoms with van der Waals surface area (Å²) in [5, 5.41) is 8.60. The van der Waals surface area contributed by atoms with E-state index < -0.39 is 0 Å². The van der Waals surface area contributed by atoms with Crippen molar-refractivity contribution < 1.29 is 9.84 Å². The van der Waals surface area contributed by atoms with E-state index in [0.29, 0.717) is 12.5 Å². The molecule has 0 aliphatic rings.